The summed E-state index contributed by atoms with van der Waals surface area (Å²) in [4.78, 5) is 42.5. The molecule has 206 valence electrons. The lowest BCUT2D eigenvalue weighted by atomic mass is 10.0. The molecule has 2 aromatic rings. The van der Waals surface area contributed by atoms with Gasteiger partial charge in [-0.2, -0.15) is 4.31 Å². The average molecular weight is 563 g/mol. The lowest BCUT2D eigenvalue weighted by molar-refractivity contribution is 0.0827. The fraction of sp³-hybridized carbons (Fsp3) is 0.500. The molecule has 4 rings (SSSR count). The van der Waals surface area contributed by atoms with Gasteiger partial charge in [0.15, 0.2) is 0 Å². The lowest BCUT2D eigenvalue weighted by Crippen LogP contribution is -2.36. The van der Waals surface area contributed by atoms with E-state index in [9.17, 15) is 22.8 Å². The van der Waals surface area contributed by atoms with Crippen LogP contribution in [0.15, 0.2) is 29.2 Å². The van der Waals surface area contributed by atoms with Gasteiger partial charge < -0.3 is 19.9 Å². The Balaban J connectivity index is 1.56. The van der Waals surface area contributed by atoms with Crippen molar-refractivity contribution in [2.75, 3.05) is 45.7 Å². The Labute approximate surface area is 227 Å². The number of sulfonamides is 1. The Morgan fingerprint density at radius 2 is 1.68 bits per heavy atom. The van der Waals surface area contributed by atoms with Gasteiger partial charge in [0.1, 0.15) is 5.00 Å². The number of anilines is 1. The van der Waals surface area contributed by atoms with Gasteiger partial charge >= 0.3 is 6.09 Å². The third-order valence-corrected chi connectivity index (χ3v) is 9.79. The van der Waals surface area contributed by atoms with Crippen LogP contribution < -0.4 is 5.32 Å². The van der Waals surface area contributed by atoms with E-state index in [1.807, 2.05) is 0 Å². The van der Waals surface area contributed by atoms with E-state index in [1.54, 1.807) is 25.9 Å². The number of nitrogens with one attached hydrogen (secondary N) is 1. The van der Waals surface area contributed by atoms with Gasteiger partial charge in [-0.15, -0.1) is 11.3 Å². The molecular weight excluding hydrogens is 528 g/mol. The van der Waals surface area contributed by atoms with Crippen molar-refractivity contribution >= 4 is 44.3 Å². The highest BCUT2D eigenvalue weighted by Crippen LogP contribution is 2.38. The van der Waals surface area contributed by atoms with Gasteiger partial charge in [-0.25, -0.2) is 13.2 Å². The number of carbonyl (C=O) groups is 3. The smallest absolute Gasteiger partial charge is 0.410 e. The van der Waals surface area contributed by atoms with Crippen molar-refractivity contribution in [2.24, 2.45) is 0 Å². The number of hydrogen-bond donors (Lipinski definition) is 1. The molecule has 38 heavy (non-hydrogen) atoms. The molecular formula is C26H34N4O6S2. The molecule has 1 saturated heterocycles. The molecule has 0 bridgehead atoms. The first kappa shape index (κ1) is 28.1. The number of amides is 3. The molecule has 1 aromatic heterocycles. The summed E-state index contributed by atoms with van der Waals surface area (Å²) in [6.07, 6.45) is 3.80. The van der Waals surface area contributed by atoms with Crippen LogP contribution in [0.4, 0.5) is 9.80 Å². The van der Waals surface area contributed by atoms with Crippen LogP contribution in [0.25, 0.3) is 0 Å². The summed E-state index contributed by atoms with van der Waals surface area (Å²) >= 11 is 1.27. The molecule has 2 aliphatic heterocycles. The highest BCUT2D eigenvalue weighted by molar-refractivity contribution is 7.89. The molecule has 10 nitrogen and oxygen atoms in total. The van der Waals surface area contributed by atoms with Gasteiger partial charge in [-0.05, 0) is 56.0 Å². The van der Waals surface area contributed by atoms with Crippen LogP contribution in [0.3, 0.4) is 0 Å². The molecule has 0 spiro atoms. The Morgan fingerprint density at radius 1 is 1.03 bits per heavy atom. The molecule has 1 fully saturated rings. The summed E-state index contributed by atoms with van der Waals surface area (Å²) in [6.45, 7) is 3.74. The topological polar surface area (TPSA) is 116 Å². The Morgan fingerprint density at radius 3 is 2.29 bits per heavy atom. The summed E-state index contributed by atoms with van der Waals surface area (Å²) in [5.41, 5.74) is 1.53. The number of ether oxygens (including phenoxy) is 1. The highest BCUT2D eigenvalue weighted by Gasteiger charge is 2.32. The zero-order valence-electron chi connectivity index (χ0n) is 22.0. The van der Waals surface area contributed by atoms with Gasteiger partial charge in [0.05, 0.1) is 23.6 Å². The maximum absolute atomic E-state index is 13.2. The number of carbonyl (C=O) groups excluding carboxylic acids is 3. The van der Waals surface area contributed by atoms with E-state index in [0.717, 1.165) is 36.1 Å². The van der Waals surface area contributed by atoms with E-state index in [4.69, 9.17) is 4.74 Å². The van der Waals surface area contributed by atoms with Crippen molar-refractivity contribution in [1.82, 2.24) is 14.1 Å². The first-order chi connectivity index (χ1) is 18.1. The van der Waals surface area contributed by atoms with Crippen LogP contribution in [-0.4, -0.2) is 80.8 Å². The molecule has 0 unspecified atom stereocenters. The van der Waals surface area contributed by atoms with Crippen molar-refractivity contribution in [1.29, 1.82) is 0 Å². The molecule has 2 aliphatic rings. The molecule has 0 saturated carbocycles. The monoisotopic (exact) mass is 562 g/mol. The van der Waals surface area contributed by atoms with E-state index in [2.05, 4.69) is 5.32 Å². The largest absolute Gasteiger partial charge is 0.450 e. The Bertz CT molecular complexity index is 1300. The number of thiophene rings is 1. The SMILES string of the molecule is CCOC(=O)N1CCc2c(sc(NC(=O)c3ccc(S(=O)(=O)N4CCCCCC4)cc3)c2C(=O)N(C)C)C1. The second-order valence-electron chi connectivity index (χ2n) is 9.57. The van der Waals surface area contributed by atoms with Crippen molar-refractivity contribution < 1.29 is 27.5 Å². The molecule has 3 amide bonds. The normalized spacial score (nSPS) is 16.3. The minimum Gasteiger partial charge on any atom is -0.450 e. The van der Waals surface area contributed by atoms with E-state index in [-0.39, 0.29) is 23.0 Å². The summed E-state index contributed by atoms with van der Waals surface area (Å²) in [5, 5.41) is 3.26. The van der Waals surface area contributed by atoms with Crippen LogP contribution in [0.5, 0.6) is 0 Å². The minimum absolute atomic E-state index is 0.157. The van der Waals surface area contributed by atoms with Crippen LogP contribution in [-0.2, 0) is 27.7 Å². The van der Waals surface area contributed by atoms with Crippen molar-refractivity contribution in [3.63, 3.8) is 0 Å². The van der Waals surface area contributed by atoms with Crippen LogP contribution in [0, 0.1) is 0 Å². The van der Waals surface area contributed by atoms with Crippen LogP contribution >= 0.6 is 11.3 Å². The third kappa shape index (κ3) is 5.87. The lowest BCUT2D eigenvalue weighted by Gasteiger charge is -2.26. The van der Waals surface area contributed by atoms with Crippen LogP contribution in [0.2, 0.25) is 0 Å². The summed E-state index contributed by atoms with van der Waals surface area (Å²) in [6, 6.07) is 5.89. The highest BCUT2D eigenvalue weighted by atomic mass is 32.2. The van der Waals surface area contributed by atoms with Gasteiger partial charge in [-0.1, -0.05) is 12.8 Å². The molecule has 1 aromatic carbocycles. The molecule has 0 aliphatic carbocycles. The fourth-order valence-corrected chi connectivity index (χ4v) is 7.46. The Hall–Kier alpha value is -2.96. The Kier molecular flexibility index (Phi) is 8.74. The average Bonchev–Trinajstić information content (AvgIpc) is 3.05. The number of fused-ring (bicyclic) bond motifs is 1. The predicted molar refractivity (Wildman–Crippen MR) is 145 cm³/mol. The molecule has 0 atom stereocenters. The van der Waals surface area contributed by atoms with Crippen molar-refractivity contribution in [2.45, 2.75) is 50.5 Å². The van der Waals surface area contributed by atoms with Gasteiger partial charge in [0, 0.05) is 44.2 Å². The minimum atomic E-state index is -3.62. The second kappa shape index (κ2) is 11.8. The zero-order chi connectivity index (χ0) is 27.4. The van der Waals surface area contributed by atoms with E-state index in [0.29, 0.717) is 43.2 Å². The number of benzene rings is 1. The quantitative estimate of drug-likeness (QED) is 0.573. The van der Waals surface area contributed by atoms with E-state index < -0.39 is 22.0 Å². The summed E-state index contributed by atoms with van der Waals surface area (Å²) in [7, 11) is -0.326. The van der Waals surface area contributed by atoms with Crippen molar-refractivity contribution in [3.8, 4) is 0 Å². The molecule has 3 heterocycles. The van der Waals surface area contributed by atoms with Gasteiger partial charge in [0.25, 0.3) is 11.8 Å². The maximum Gasteiger partial charge on any atom is 0.410 e. The van der Waals surface area contributed by atoms with Gasteiger partial charge in [-0.3, -0.25) is 9.59 Å². The summed E-state index contributed by atoms with van der Waals surface area (Å²) < 4.78 is 32.8. The fourth-order valence-electron chi connectivity index (χ4n) is 4.70. The zero-order valence-corrected chi connectivity index (χ0v) is 23.6. The third-order valence-electron chi connectivity index (χ3n) is 6.75. The first-order valence-electron chi connectivity index (χ1n) is 12.8. The first-order valence-corrected chi connectivity index (χ1v) is 15.1. The molecule has 0 radical (unpaired) electrons. The van der Waals surface area contributed by atoms with E-state index >= 15 is 0 Å². The maximum atomic E-state index is 13.2. The molecule has 1 N–H and O–H groups in total. The van der Waals surface area contributed by atoms with E-state index in [1.165, 1.54) is 44.8 Å². The number of rotatable bonds is 6. The van der Waals surface area contributed by atoms with Crippen molar-refractivity contribution in [3.05, 3.63) is 45.8 Å². The summed E-state index contributed by atoms with van der Waals surface area (Å²) in [5.74, 6) is -0.682. The second-order valence-corrected chi connectivity index (χ2v) is 12.6. The molecule has 12 heteroatoms. The predicted octanol–water partition coefficient (Wildman–Crippen LogP) is 3.78. The number of hydrogen-bond acceptors (Lipinski definition) is 7. The number of nitrogens with zero attached hydrogens (tertiary/aromatic N) is 3. The standard InChI is InChI=1S/C26H34N4O6S2/c1-4-36-26(33)29-16-13-20-21(17-29)37-24(22(20)25(32)28(2)3)27-23(31)18-9-11-19(12-10-18)38(34,35)30-14-7-5-6-8-15-30/h9-12H,4-8,13-17H2,1-3H3,(H,27,31). The van der Waals surface area contributed by atoms with Gasteiger partial charge in [0.2, 0.25) is 10.0 Å². The van der Waals surface area contributed by atoms with Crippen LogP contribution in [0.1, 0.15) is 63.8 Å².